The molecule has 2 aromatic carbocycles. The van der Waals surface area contributed by atoms with E-state index in [-0.39, 0.29) is 24.7 Å². The van der Waals surface area contributed by atoms with E-state index in [0.717, 1.165) is 40.3 Å². The standard InChI is InChI=1S/C24H34N2O2.C13H13N3O2/c1-5-18(2)21(15-16-22(25-3)19-11-7-6-8-12-19)26-24(27)17-20-13-9-10-14-23(20)28-4;1-18-11-6-3-2-5-10(11)9-13(17)15-12-7-4-8-14-16-12/h9-10,13-16,19H,5-8,11-12,17H2,1-4H3,(H,26,27);2-8H,9H2,1H3,(H,15,16,17)/b16-15-,21-18-,25-22?;. The van der Waals surface area contributed by atoms with Crippen LogP contribution in [0, 0.1) is 5.92 Å². The van der Waals surface area contributed by atoms with Crippen LogP contribution in [0.1, 0.15) is 63.5 Å². The van der Waals surface area contributed by atoms with Gasteiger partial charge in [0.15, 0.2) is 5.82 Å². The number of hydrogen-bond donors (Lipinski definition) is 2. The first-order valence-electron chi connectivity index (χ1n) is 15.8. The number of allylic oxidation sites excluding steroid dienone is 3. The van der Waals surface area contributed by atoms with E-state index < -0.39 is 0 Å². The van der Waals surface area contributed by atoms with Gasteiger partial charge in [-0.05, 0) is 68.2 Å². The smallest absolute Gasteiger partial charge is 0.230 e. The topological polar surface area (TPSA) is 115 Å². The van der Waals surface area contributed by atoms with Crippen LogP contribution in [-0.4, -0.2) is 49.0 Å². The van der Waals surface area contributed by atoms with Gasteiger partial charge in [0.2, 0.25) is 11.8 Å². The molecule has 1 aliphatic rings. The Morgan fingerprint density at radius 2 is 1.48 bits per heavy atom. The molecule has 3 aromatic rings. The fraction of sp³-hybridized carbons (Fsp3) is 0.378. The number of ether oxygens (including phenoxy) is 2. The van der Waals surface area contributed by atoms with Crippen molar-refractivity contribution in [2.45, 2.75) is 65.2 Å². The molecule has 0 atom stereocenters. The maximum Gasteiger partial charge on any atom is 0.230 e. The zero-order valence-corrected chi connectivity index (χ0v) is 27.7. The molecule has 2 N–H and O–H groups in total. The van der Waals surface area contributed by atoms with Gasteiger partial charge in [0.25, 0.3) is 0 Å². The monoisotopic (exact) mass is 625 g/mol. The first-order chi connectivity index (χ1) is 22.4. The third kappa shape index (κ3) is 11.6. The first-order valence-corrected chi connectivity index (χ1v) is 15.8. The van der Waals surface area contributed by atoms with Crippen molar-refractivity contribution in [3.63, 3.8) is 0 Å². The minimum absolute atomic E-state index is 0.0374. The molecule has 0 aliphatic heterocycles. The summed E-state index contributed by atoms with van der Waals surface area (Å²) in [4.78, 5) is 29.0. The van der Waals surface area contributed by atoms with Crippen LogP contribution in [0.4, 0.5) is 5.82 Å². The maximum absolute atomic E-state index is 12.7. The predicted molar refractivity (Wildman–Crippen MR) is 184 cm³/mol. The quantitative estimate of drug-likeness (QED) is 0.167. The second kappa shape index (κ2) is 19.6. The molecular formula is C37H47N5O4. The third-order valence-electron chi connectivity index (χ3n) is 7.89. The van der Waals surface area contributed by atoms with Crippen LogP contribution in [0.2, 0.25) is 0 Å². The Balaban J connectivity index is 0.000000275. The number of amides is 2. The molecule has 46 heavy (non-hydrogen) atoms. The van der Waals surface area contributed by atoms with Crippen LogP contribution >= 0.6 is 0 Å². The fourth-order valence-corrected chi connectivity index (χ4v) is 5.23. The maximum atomic E-state index is 12.7. The van der Waals surface area contributed by atoms with E-state index >= 15 is 0 Å². The van der Waals surface area contributed by atoms with Gasteiger partial charge in [0.1, 0.15) is 11.5 Å². The van der Waals surface area contributed by atoms with E-state index in [1.165, 1.54) is 32.1 Å². The number of rotatable bonds is 12. The van der Waals surface area contributed by atoms with E-state index in [0.29, 0.717) is 17.5 Å². The number of aromatic nitrogens is 2. The molecule has 9 heteroatoms. The van der Waals surface area contributed by atoms with E-state index in [2.05, 4.69) is 45.7 Å². The van der Waals surface area contributed by atoms with Gasteiger partial charge in [-0.25, -0.2) is 0 Å². The molecule has 244 valence electrons. The van der Waals surface area contributed by atoms with E-state index in [1.54, 1.807) is 32.5 Å². The highest BCUT2D eigenvalue weighted by Crippen LogP contribution is 2.26. The molecule has 0 radical (unpaired) electrons. The predicted octanol–water partition coefficient (Wildman–Crippen LogP) is 6.91. The normalized spacial score (nSPS) is 14.1. The Kier molecular flexibility index (Phi) is 15.2. The van der Waals surface area contributed by atoms with Crippen molar-refractivity contribution in [2.75, 3.05) is 26.6 Å². The summed E-state index contributed by atoms with van der Waals surface area (Å²) in [7, 11) is 5.08. The van der Waals surface area contributed by atoms with Crippen molar-refractivity contribution < 1.29 is 19.1 Å². The van der Waals surface area contributed by atoms with Crippen LogP contribution in [0.25, 0.3) is 0 Å². The molecule has 1 aromatic heterocycles. The summed E-state index contributed by atoms with van der Waals surface area (Å²) < 4.78 is 10.5. The molecule has 9 nitrogen and oxygen atoms in total. The molecule has 1 heterocycles. The summed E-state index contributed by atoms with van der Waals surface area (Å²) in [6.45, 7) is 4.16. The lowest BCUT2D eigenvalue weighted by molar-refractivity contribution is -0.119. The van der Waals surface area contributed by atoms with Gasteiger partial charge in [-0.15, -0.1) is 5.10 Å². The molecule has 4 rings (SSSR count). The van der Waals surface area contributed by atoms with Gasteiger partial charge in [-0.2, -0.15) is 5.10 Å². The van der Waals surface area contributed by atoms with E-state index in [9.17, 15) is 9.59 Å². The lowest BCUT2D eigenvalue weighted by atomic mass is 9.85. The SMILES string of the molecule is CC/C(C)=C(/C=C\C(=NC)C1CCCCC1)NC(=O)Cc1ccccc1OC.COc1ccccc1CC(=O)Nc1cccnn1. The molecule has 1 aliphatic carbocycles. The molecular weight excluding hydrogens is 578 g/mol. The van der Waals surface area contributed by atoms with Crippen molar-refractivity contribution in [3.8, 4) is 11.5 Å². The van der Waals surface area contributed by atoms with Crippen LogP contribution in [0.3, 0.4) is 0 Å². The van der Waals surface area contributed by atoms with Crippen molar-refractivity contribution >= 4 is 23.3 Å². The van der Waals surface area contributed by atoms with Gasteiger partial charge in [0.05, 0.1) is 27.1 Å². The second-order valence-electron chi connectivity index (χ2n) is 11.0. The van der Waals surface area contributed by atoms with Crippen LogP contribution < -0.4 is 20.1 Å². The minimum Gasteiger partial charge on any atom is -0.496 e. The lowest BCUT2D eigenvalue weighted by Crippen LogP contribution is -2.25. The summed E-state index contributed by atoms with van der Waals surface area (Å²) in [6, 6.07) is 18.5. The van der Waals surface area contributed by atoms with Gasteiger partial charge in [-0.1, -0.05) is 62.6 Å². The number of carbonyl (C=O) groups is 2. The van der Waals surface area contributed by atoms with Gasteiger partial charge in [-0.3, -0.25) is 14.6 Å². The lowest BCUT2D eigenvalue weighted by Gasteiger charge is -2.21. The summed E-state index contributed by atoms with van der Waals surface area (Å²) in [6.07, 6.45) is 13.4. The molecule has 1 saturated carbocycles. The Bertz CT molecular complexity index is 1490. The van der Waals surface area contributed by atoms with Crippen molar-refractivity contribution in [1.29, 1.82) is 0 Å². The van der Waals surface area contributed by atoms with Gasteiger partial charge in [0, 0.05) is 41.7 Å². The van der Waals surface area contributed by atoms with Crippen molar-refractivity contribution in [3.05, 3.63) is 101 Å². The molecule has 1 fully saturated rings. The number of nitrogens with zero attached hydrogens (tertiary/aromatic N) is 3. The van der Waals surface area contributed by atoms with Crippen molar-refractivity contribution in [1.82, 2.24) is 15.5 Å². The molecule has 0 unspecified atom stereocenters. The number of benzene rings is 2. The van der Waals surface area contributed by atoms with Crippen LogP contribution in [-0.2, 0) is 22.4 Å². The highest BCUT2D eigenvalue weighted by molar-refractivity contribution is 5.97. The third-order valence-corrected chi connectivity index (χ3v) is 7.89. The highest BCUT2D eigenvalue weighted by Gasteiger charge is 2.17. The minimum atomic E-state index is -0.153. The molecule has 0 spiro atoms. The molecule has 0 bridgehead atoms. The summed E-state index contributed by atoms with van der Waals surface area (Å²) in [5.41, 5.74) is 4.89. The summed E-state index contributed by atoms with van der Waals surface area (Å²) in [5.74, 6) is 2.24. The number of nitrogens with one attached hydrogen (secondary N) is 2. The Labute approximate surface area is 273 Å². The number of anilines is 1. The zero-order valence-electron chi connectivity index (χ0n) is 27.7. The number of hydrogen-bond acceptors (Lipinski definition) is 7. The average Bonchev–Trinajstić information content (AvgIpc) is 3.09. The first kappa shape index (κ1) is 35.7. The average molecular weight is 626 g/mol. The summed E-state index contributed by atoms with van der Waals surface area (Å²) in [5, 5.41) is 13.2. The molecule has 2 amide bonds. The van der Waals surface area contributed by atoms with E-state index in [4.69, 9.17) is 9.47 Å². The Morgan fingerprint density at radius 3 is 2.02 bits per heavy atom. The van der Waals surface area contributed by atoms with Gasteiger partial charge >= 0.3 is 0 Å². The second-order valence-corrected chi connectivity index (χ2v) is 11.0. The summed E-state index contributed by atoms with van der Waals surface area (Å²) >= 11 is 0. The number of aliphatic imine (C=N–C) groups is 1. The largest absolute Gasteiger partial charge is 0.496 e. The number of carbonyl (C=O) groups excluding carboxylic acids is 2. The Morgan fingerprint density at radius 1 is 0.870 bits per heavy atom. The van der Waals surface area contributed by atoms with E-state index in [1.807, 2.05) is 61.7 Å². The zero-order chi connectivity index (χ0) is 33.1. The highest BCUT2D eigenvalue weighted by atomic mass is 16.5. The van der Waals surface area contributed by atoms with Crippen LogP contribution in [0.5, 0.6) is 11.5 Å². The number of para-hydroxylation sites is 2. The van der Waals surface area contributed by atoms with Crippen molar-refractivity contribution in [2.24, 2.45) is 10.9 Å². The molecule has 0 saturated heterocycles. The van der Waals surface area contributed by atoms with Gasteiger partial charge < -0.3 is 20.1 Å². The Hall–Kier alpha value is -4.79. The van der Waals surface area contributed by atoms with Crippen LogP contribution in [0.15, 0.2) is 95.3 Å². The number of methoxy groups -OCH3 is 2. The fourth-order valence-electron chi connectivity index (χ4n) is 5.23.